The number of imidazole rings is 1. The third-order valence-corrected chi connectivity index (χ3v) is 2.95. The molecular formula is C13H15FN2O. The van der Waals surface area contributed by atoms with E-state index in [-0.39, 0.29) is 5.82 Å². The van der Waals surface area contributed by atoms with Crippen molar-refractivity contribution in [3.63, 3.8) is 0 Å². The number of hydrogen-bond acceptors (Lipinski definition) is 2. The van der Waals surface area contributed by atoms with Crippen LogP contribution in [0.5, 0.6) is 0 Å². The molecule has 1 atom stereocenters. The number of benzene rings is 1. The number of hydrogen-bond donors (Lipinski definition) is 1. The van der Waals surface area contributed by atoms with Crippen molar-refractivity contribution in [3.8, 4) is 5.69 Å². The van der Waals surface area contributed by atoms with E-state index in [2.05, 4.69) is 4.98 Å². The van der Waals surface area contributed by atoms with Gasteiger partial charge in [0.1, 0.15) is 5.82 Å². The van der Waals surface area contributed by atoms with Crippen molar-refractivity contribution in [2.75, 3.05) is 0 Å². The van der Waals surface area contributed by atoms with Crippen molar-refractivity contribution in [3.05, 3.63) is 47.3 Å². The van der Waals surface area contributed by atoms with E-state index in [0.717, 1.165) is 17.1 Å². The monoisotopic (exact) mass is 234 g/mol. The summed E-state index contributed by atoms with van der Waals surface area (Å²) in [6, 6.07) is 4.40. The zero-order valence-electron chi connectivity index (χ0n) is 10.1. The average molecular weight is 234 g/mol. The maximum Gasteiger partial charge on any atom is 0.123 e. The minimum absolute atomic E-state index is 0.348. The highest BCUT2D eigenvalue weighted by molar-refractivity contribution is 5.44. The molecule has 1 heterocycles. The molecule has 90 valence electrons. The number of aliphatic hydroxyl groups excluding tert-OH is 1. The maximum absolute atomic E-state index is 13.2. The van der Waals surface area contributed by atoms with Crippen LogP contribution >= 0.6 is 0 Å². The fourth-order valence-electron chi connectivity index (χ4n) is 1.82. The number of aryl methyl sites for hydroxylation is 1. The highest BCUT2D eigenvalue weighted by Crippen LogP contribution is 2.24. The SMILES string of the molecule is Cc1ncn(-c2ccc(F)cc2[C@H](C)O)c1C. The van der Waals surface area contributed by atoms with Gasteiger partial charge < -0.3 is 9.67 Å². The Balaban J connectivity index is 2.63. The Labute approximate surface area is 99.5 Å². The molecular weight excluding hydrogens is 219 g/mol. The number of rotatable bonds is 2. The number of aliphatic hydroxyl groups is 1. The van der Waals surface area contributed by atoms with Crippen LogP contribution in [0.4, 0.5) is 4.39 Å². The number of nitrogens with zero attached hydrogens (tertiary/aromatic N) is 2. The van der Waals surface area contributed by atoms with Gasteiger partial charge >= 0.3 is 0 Å². The second kappa shape index (κ2) is 4.30. The summed E-state index contributed by atoms with van der Waals surface area (Å²) < 4.78 is 15.1. The van der Waals surface area contributed by atoms with E-state index >= 15 is 0 Å². The molecule has 0 unspecified atom stereocenters. The molecule has 0 spiro atoms. The lowest BCUT2D eigenvalue weighted by Gasteiger charge is -2.14. The molecule has 0 aliphatic rings. The van der Waals surface area contributed by atoms with Gasteiger partial charge in [-0.1, -0.05) is 0 Å². The van der Waals surface area contributed by atoms with Crippen LogP contribution in [0.25, 0.3) is 5.69 Å². The van der Waals surface area contributed by atoms with Gasteiger partial charge in [-0.2, -0.15) is 0 Å². The molecule has 3 nitrogen and oxygen atoms in total. The zero-order chi connectivity index (χ0) is 12.6. The van der Waals surface area contributed by atoms with Gasteiger partial charge in [0.2, 0.25) is 0 Å². The largest absolute Gasteiger partial charge is 0.389 e. The number of halogens is 1. The van der Waals surface area contributed by atoms with Crippen LogP contribution in [-0.4, -0.2) is 14.7 Å². The molecule has 0 aliphatic heterocycles. The van der Waals surface area contributed by atoms with Crippen LogP contribution in [0, 0.1) is 19.7 Å². The van der Waals surface area contributed by atoms with Crippen molar-refractivity contribution < 1.29 is 9.50 Å². The molecule has 0 saturated heterocycles. The molecule has 0 aliphatic carbocycles. The standard InChI is InChI=1S/C13H15FN2O/c1-8-9(2)16(7-15-8)13-5-4-11(14)6-12(13)10(3)17/h4-7,10,17H,1-3H3/t10-/m0/s1. The van der Waals surface area contributed by atoms with Gasteiger partial charge in [-0.25, -0.2) is 9.37 Å². The summed E-state index contributed by atoms with van der Waals surface area (Å²) >= 11 is 0. The lowest BCUT2D eigenvalue weighted by molar-refractivity contribution is 0.198. The Hall–Kier alpha value is -1.68. The molecule has 0 bridgehead atoms. The Morgan fingerprint density at radius 3 is 2.59 bits per heavy atom. The van der Waals surface area contributed by atoms with Crippen molar-refractivity contribution in [2.24, 2.45) is 0 Å². The smallest absolute Gasteiger partial charge is 0.123 e. The van der Waals surface area contributed by atoms with Gasteiger partial charge in [0.05, 0.1) is 23.8 Å². The van der Waals surface area contributed by atoms with E-state index in [1.165, 1.54) is 12.1 Å². The third-order valence-electron chi connectivity index (χ3n) is 2.95. The van der Waals surface area contributed by atoms with Gasteiger partial charge in [0, 0.05) is 11.3 Å². The van der Waals surface area contributed by atoms with E-state index in [4.69, 9.17) is 0 Å². The molecule has 0 amide bonds. The van der Waals surface area contributed by atoms with Gasteiger partial charge in [-0.15, -0.1) is 0 Å². The molecule has 0 radical (unpaired) electrons. The fraction of sp³-hybridized carbons (Fsp3) is 0.308. The van der Waals surface area contributed by atoms with E-state index in [0.29, 0.717) is 5.56 Å². The zero-order valence-corrected chi connectivity index (χ0v) is 10.1. The predicted molar refractivity (Wildman–Crippen MR) is 63.6 cm³/mol. The predicted octanol–water partition coefficient (Wildman–Crippen LogP) is 2.68. The first-order valence-corrected chi connectivity index (χ1v) is 5.49. The lowest BCUT2D eigenvalue weighted by Crippen LogP contribution is -2.04. The van der Waals surface area contributed by atoms with Gasteiger partial charge in [0.25, 0.3) is 0 Å². The summed E-state index contributed by atoms with van der Waals surface area (Å²) in [6.07, 6.45) is 0.965. The Kier molecular flexibility index (Phi) is 2.98. The first kappa shape index (κ1) is 11.8. The Bertz CT molecular complexity index is 546. The van der Waals surface area contributed by atoms with Crippen LogP contribution in [0.1, 0.15) is 30.0 Å². The first-order valence-electron chi connectivity index (χ1n) is 5.49. The van der Waals surface area contributed by atoms with Crippen LogP contribution in [0.2, 0.25) is 0 Å². The Morgan fingerprint density at radius 2 is 2.06 bits per heavy atom. The first-order chi connectivity index (χ1) is 8.00. The molecule has 1 N–H and O–H groups in total. The topological polar surface area (TPSA) is 38.0 Å². The normalized spacial score (nSPS) is 12.8. The highest BCUT2D eigenvalue weighted by atomic mass is 19.1. The van der Waals surface area contributed by atoms with Crippen molar-refractivity contribution in [2.45, 2.75) is 26.9 Å². The summed E-state index contributed by atoms with van der Waals surface area (Å²) in [5.41, 5.74) is 3.23. The minimum Gasteiger partial charge on any atom is -0.389 e. The molecule has 1 aromatic heterocycles. The van der Waals surface area contributed by atoms with E-state index in [1.807, 2.05) is 18.4 Å². The third kappa shape index (κ3) is 2.08. The molecule has 2 rings (SSSR count). The van der Waals surface area contributed by atoms with Crippen LogP contribution in [0.3, 0.4) is 0 Å². The Morgan fingerprint density at radius 1 is 1.35 bits per heavy atom. The van der Waals surface area contributed by atoms with Gasteiger partial charge in [0.15, 0.2) is 0 Å². The van der Waals surface area contributed by atoms with Crippen molar-refractivity contribution in [1.29, 1.82) is 0 Å². The fourth-order valence-corrected chi connectivity index (χ4v) is 1.82. The van der Waals surface area contributed by atoms with Crippen LogP contribution in [0.15, 0.2) is 24.5 Å². The summed E-state index contributed by atoms with van der Waals surface area (Å²) in [4.78, 5) is 4.20. The lowest BCUT2D eigenvalue weighted by atomic mass is 10.1. The van der Waals surface area contributed by atoms with Crippen molar-refractivity contribution >= 4 is 0 Å². The van der Waals surface area contributed by atoms with E-state index in [9.17, 15) is 9.50 Å². The summed E-state index contributed by atoms with van der Waals surface area (Å²) in [6.45, 7) is 5.48. The van der Waals surface area contributed by atoms with E-state index in [1.54, 1.807) is 19.3 Å². The number of aromatic nitrogens is 2. The van der Waals surface area contributed by atoms with Crippen LogP contribution < -0.4 is 0 Å². The summed E-state index contributed by atoms with van der Waals surface area (Å²) in [5.74, 6) is -0.348. The average Bonchev–Trinajstić information content (AvgIpc) is 2.60. The minimum atomic E-state index is -0.720. The molecule has 17 heavy (non-hydrogen) atoms. The molecule has 0 fully saturated rings. The highest BCUT2D eigenvalue weighted by Gasteiger charge is 2.13. The molecule has 0 saturated carbocycles. The summed E-state index contributed by atoms with van der Waals surface area (Å²) in [7, 11) is 0. The second-order valence-electron chi connectivity index (χ2n) is 4.16. The van der Waals surface area contributed by atoms with Crippen molar-refractivity contribution in [1.82, 2.24) is 9.55 Å². The summed E-state index contributed by atoms with van der Waals surface area (Å²) in [5, 5.41) is 9.69. The van der Waals surface area contributed by atoms with Gasteiger partial charge in [-0.05, 0) is 39.0 Å². The molecule has 2 aromatic rings. The van der Waals surface area contributed by atoms with Gasteiger partial charge in [-0.3, -0.25) is 0 Å². The molecule has 4 heteroatoms. The quantitative estimate of drug-likeness (QED) is 0.867. The molecule has 1 aromatic carbocycles. The van der Waals surface area contributed by atoms with Crippen LogP contribution in [-0.2, 0) is 0 Å². The second-order valence-corrected chi connectivity index (χ2v) is 4.16. The maximum atomic E-state index is 13.2. The van der Waals surface area contributed by atoms with E-state index < -0.39 is 6.10 Å².